The standard InChI is InChI=1S/C14H12ClN3S/c15-13-5-3-11(19-13)8-17-14-6-1-9-7-10(16)2-4-12(9)18-14/h1-7H,8,16H2,(H,17,18). The molecule has 2 heterocycles. The molecule has 3 N–H and O–H groups in total. The summed E-state index contributed by atoms with van der Waals surface area (Å²) in [6, 6.07) is 13.6. The molecule has 0 atom stereocenters. The van der Waals surface area contributed by atoms with E-state index in [0.717, 1.165) is 33.3 Å². The molecule has 0 amide bonds. The van der Waals surface area contributed by atoms with Crippen LogP contribution in [0.5, 0.6) is 0 Å². The third-order valence-corrected chi connectivity index (χ3v) is 4.02. The number of nitrogen functional groups attached to an aromatic ring is 1. The fourth-order valence-corrected chi connectivity index (χ4v) is 2.89. The average Bonchev–Trinajstić information content (AvgIpc) is 2.82. The van der Waals surface area contributed by atoms with Crippen molar-refractivity contribution in [2.45, 2.75) is 6.54 Å². The molecule has 0 spiro atoms. The summed E-state index contributed by atoms with van der Waals surface area (Å²) in [6.45, 7) is 0.727. The number of nitrogens with one attached hydrogen (secondary N) is 1. The van der Waals surface area contributed by atoms with Crippen LogP contribution in [-0.4, -0.2) is 4.98 Å². The van der Waals surface area contributed by atoms with Crippen LogP contribution in [0.1, 0.15) is 4.88 Å². The van der Waals surface area contributed by atoms with Crippen molar-refractivity contribution in [2.75, 3.05) is 11.1 Å². The molecule has 2 aromatic heterocycles. The molecule has 0 aliphatic heterocycles. The van der Waals surface area contributed by atoms with Gasteiger partial charge in [0.2, 0.25) is 0 Å². The number of hydrogen-bond donors (Lipinski definition) is 2. The van der Waals surface area contributed by atoms with E-state index in [4.69, 9.17) is 17.3 Å². The van der Waals surface area contributed by atoms with Crippen molar-refractivity contribution in [1.29, 1.82) is 0 Å². The lowest BCUT2D eigenvalue weighted by Crippen LogP contribution is -1.99. The Morgan fingerprint density at radius 1 is 1.16 bits per heavy atom. The minimum Gasteiger partial charge on any atom is -0.399 e. The van der Waals surface area contributed by atoms with Crippen LogP contribution < -0.4 is 11.1 Å². The normalized spacial score (nSPS) is 10.8. The Hall–Kier alpha value is -1.78. The Labute approximate surface area is 120 Å². The highest BCUT2D eigenvalue weighted by atomic mass is 35.5. The third-order valence-electron chi connectivity index (χ3n) is 2.79. The van der Waals surface area contributed by atoms with Crippen molar-refractivity contribution >= 4 is 45.3 Å². The van der Waals surface area contributed by atoms with Crippen molar-refractivity contribution in [3.05, 3.63) is 51.7 Å². The molecule has 3 rings (SSSR count). The highest BCUT2D eigenvalue weighted by Gasteiger charge is 2.01. The molecular formula is C14H12ClN3S. The molecule has 0 bridgehead atoms. The second kappa shape index (κ2) is 5.07. The molecule has 3 aromatic rings. The van der Waals surface area contributed by atoms with Gasteiger partial charge < -0.3 is 11.1 Å². The summed E-state index contributed by atoms with van der Waals surface area (Å²) < 4.78 is 0.804. The van der Waals surface area contributed by atoms with Crippen molar-refractivity contribution in [3.8, 4) is 0 Å². The van der Waals surface area contributed by atoms with Crippen LogP contribution in [-0.2, 0) is 6.54 Å². The van der Waals surface area contributed by atoms with Gasteiger partial charge in [0, 0.05) is 16.0 Å². The van der Waals surface area contributed by atoms with Crippen molar-refractivity contribution in [3.63, 3.8) is 0 Å². The fourth-order valence-electron chi connectivity index (χ4n) is 1.87. The number of aromatic nitrogens is 1. The summed E-state index contributed by atoms with van der Waals surface area (Å²) in [5.41, 5.74) is 7.43. The molecule has 0 fully saturated rings. The summed E-state index contributed by atoms with van der Waals surface area (Å²) in [6.07, 6.45) is 0. The van der Waals surface area contributed by atoms with E-state index in [1.165, 1.54) is 4.88 Å². The second-order valence-electron chi connectivity index (χ2n) is 4.21. The number of rotatable bonds is 3. The molecule has 0 saturated carbocycles. The lowest BCUT2D eigenvalue weighted by molar-refractivity contribution is 1.16. The number of pyridine rings is 1. The van der Waals surface area contributed by atoms with E-state index in [-0.39, 0.29) is 0 Å². The summed E-state index contributed by atoms with van der Waals surface area (Å²) in [5.74, 6) is 0.849. The Balaban J connectivity index is 1.79. The topological polar surface area (TPSA) is 50.9 Å². The second-order valence-corrected chi connectivity index (χ2v) is 6.01. The Bertz CT molecular complexity index is 724. The van der Waals surface area contributed by atoms with Gasteiger partial charge in [-0.3, -0.25) is 0 Å². The molecule has 3 nitrogen and oxygen atoms in total. The summed E-state index contributed by atoms with van der Waals surface area (Å²) >= 11 is 7.47. The zero-order valence-corrected chi connectivity index (χ0v) is 11.6. The van der Waals surface area contributed by atoms with E-state index < -0.39 is 0 Å². The maximum Gasteiger partial charge on any atom is 0.126 e. The largest absolute Gasteiger partial charge is 0.399 e. The minimum absolute atomic E-state index is 0.727. The molecule has 5 heteroatoms. The summed E-state index contributed by atoms with van der Waals surface area (Å²) in [4.78, 5) is 5.73. The Kier molecular flexibility index (Phi) is 3.27. The van der Waals surface area contributed by atoms with E-state index in [2.05, 4.69) is 10.3 Å². The number of hydrogen-bond acceptors (Lipinski definition) is 4. The fraction of sp³-hybridized carbons (Fsp3) is 0.0714. The van der Waals surface area contributed by atoms with E-state index in [0.29, 0.717) is 0 Å². The first-order valence-corrected chi connectivity index (χ1v) is 7.04. The van der Waals surface area contributed by atoms with Gasteiger partial charge in [-0.05, 0) is 42.5 Å². The van der Waals surface area contributed by atoms with Gasteiger partial charge >= 0.3 is 0 Å². The first kappa shape index (κ1) is 12.3. The molecule has 0 unspecified atom stereocenters. The maximum absolute atomic E-state index is 5.90. The number of benzene rings is 1. The number of halogens is 1. The van der Waals surface area contributed by atoms with Gasteiger partial charge in [-0.1, -0.05) is 11.6 Å². The zero-order chi connectivity index (χ0) is 13.2. The molecule has 0 saturated heterocycles. The molecule has 19 heavy (non-hydrogen) atoms. The Morgan fingerprint density at radius 3 is 2.84 bits per heavy atom. The van der Waals surface area contributed by atoms with Gasteiger partial charge in [-0.15, -0.1) is 11.3 Å². The first-order chi connectivity index (χ1) is 9.20. The highest BCUT2D eigenvalue weighted by molar-refractivity contribution is 7.16. The minimum atomic E-state index is 0.727. The van der Waals surface area contributed by atoms with Gasteiger partial charge in [0.05, 0.1) is 16.4 Å². The van der Waals surface area contributed by atoms with E-state index in [1.807, 2.05) is 42.5 Å². The number of thiophene rings is 1. The number of fused-ring (bicyclic) bond motifs is 1. The van der Waals surface area contributed by atoms with Gasteiger partial charge in [0.25, 0.3) is 0 Å². The molecule has 96 valence electrons. The average molecular weight is 290 g/mol. The predicted octanol–water partition coefficient (Wildman–Crippen LogP) is 4.14. The van der Waals surface area contributed by atoms with Crippen LogP contribution in [0.2, 0.25) is 4.34 Å². The summed E-state index contributed by atoms with van der Waals surface area (Å²) in [5, 5.41) is 4.34. The number of nitrogens with zero attached hydrogens (tertiary/aromatic N) is 1. The van der Waals surface area contributed by atoms with Crippen LogP contribution in [0.25, 0.3) is 10.9 Å². The van der Waals surface area contributed by atoms with Crippen LogP contribution in [0.4, 0.5) is 11.5 Å². The lowest BCUT2D eigenvalue weighted by atomic mass is 10.2. The van der Waals surface area contributed by atoms with Crippen LogP contribution in [0.15, 0.2) is 42.5 Å². The third kappa shape index (κ3) is 2.80. The number of anilines is 2. The van der Waals surface area contributed by atoms with Gasteiger partial charge in [0.15, 0.2) is 0 Å². The number of nitrogens with two attached hydrogens (primary N) is 1. The predicted molar refractivity (Wildman–Crippen MR) is 82.8 cm³/mol. The Morgan fingerprint density at radius 2 is 2.05 bits per heavy atom. The zero-order valence-electron chi connectivity index (χ0n) is 10.1. The smallest absolute Gasteiger partial charge is 0.126 e. The van der Waals surface area contributed by atoms with Gasteiger partial charge in [-0.25, -0.2) is 4.98 Å². The van der Waals surface area contributed by atoms with Crippen LogP contribution in [0.3, 0.4) is 0 Å². The lowest BCUT2D eigenvalue weighted by Gasteiger charge is -2.05. The van der Waals surface area contributed by atoms with Crippen molar-refractivity contribution in [2.24, 2.45) is 0 Å². The highest BCUT2D eigenvalue weighted by Crippen LogP contribution is 2.23. The van der Waals surface area contributed by atoms with Crippen LogP contribution in [0, 0.1) is 0 Å². The SMILES string of the molecule is Nc1ccc2nc(NCc3ccc(Cl)s3)ccc2c1. The van der Waals surface area contributed by atoms with Gasteiger partial charge in [-0.2, -0.15) is 0 Å². The quantitative estimate of drug-likeness (QED) is 0.712. The molecule has 0 aliphatic carbocycles. The monoisotopic (exact) mass is 289 g/mol. The molecule has 0 aliphatic rings. The first-order valence-electron chi connectivity index (χ1n) is 5.85. The van der Waals surface area contributed by atoms with Crippen LogP contribution >= 0.6 is 22.9 Å². The molecule has 0 radical (unpaired) electrons. The van der Waals surface area contributed by atoms with E-state index in [9.17, 15) is 0 Å². The molecule has 1 aromatic carbocycles. The summed E-state index contributed by atoms with van der Waals surface area (Å²) in [7, 11) is 0. The van der Waals surface area contributed by atoms with Crippen molar-refractivity contribution in [1.82, 2.24) is 4.98 Å². The van der Waals surface area contributed by atoms with Gasteiger partial charge in [0.1, 0.15) is 5.82 Å². The van der Waals surface area contributed by atoms with E-state index >= 15 is 0 Å². The van der Waals surface area contributed by atoms with E-state index in [1.54, 1.807) is 11.3 Å². The van der Waals surface area contributed by atoms with Crippen molar-refractivity contribution < 1.29 is 0 Å². The molecular weight excluding hydrogens is 278 g/mol. The maximum atomic E-state index is 5.90.